The monoisotopic (exact) mass is 205 g/mol. The highest BCUT2D eigenvalue weighted by Crippen LogP contribution is 2.41. The molecule has 0 aliphatic heterocycles. The summed E-state index contributed by atoms with van der Waals surface area (Å²) < 4.78 is 2.11. The average molecular weight is 205 g/mol. The molecule has 82 valence electrons. The van der Waals surface area contributed by atoms with Gasteiger partial charge in [0.05, 0.1) is 5.69 Å². The molecule has 0 atom stereocenters. The maximum absolute atomic E-state index is 6.11. The lowest BCUT2D eigenvalue weighted by molar-refractivity contribution is 0.750. The van der Waals surface area contributed by atoms with Crippen LogP contribution in [-0.2, 0) is 6.54 Å². The Morgan fingerprint density at radius 3 is 2.73 bits per heavy atom. The molecule has 2 N–H and O–H groups in total. The van der Waals surface area contributed by atoms with Gasteiger partial charge in [-0.05, 0) is 18.8 Å². The first-order valence-electron chi connectivity index (χ1n) is 5.61. The minimum Gasteiger partial charge on any atom is -0.384 e. The lowest BCUT2D eigenvalue weighted by atomic mass is 10.1. The van der Waals surface area contributed by atoms with Gasteiger partial charge in [0.1, 0.15) is 11.6 Å². The van der Waals surface area contributed by atoms with Crippen molar-refractivity contribution < 1.29 is 0 Å². The fraction of sp³-hybridized carbons (Fsp3) is 0.583. The van der Waals surface area contributed by atoms with Crippen molar-refractivity contribution in [2.75, 3.05) is 5.73 Å². The molecule has 0 aromatic carbocycles. The van der Waals surface area contributed by atoms with Gasteiger partial charge in [-0.15, -0.1) is 6.58 Å². The van der Waals surface area contributed by atoms with Gasteiger partial charge in [-0.3, -0.25) is 0 Å². The van der Waals surface area contributed by atoms with Crippen LogP contribution in [0.15, 0.2) is 12.7 Å². The molecule has 2 rings (SSSR count). The van der Waals surface area contributed by atoms with Gasteiger partial charge in [0, 0.05) is 12.5 Å². The van der Waals surface area contributed by atoms with Crippen molar-refractivity contribution in [3.8, 4) is 0 Å². The molecule has 0 amide bonds. The van der Waals surface area contributed by atoms with Gasteiger partial charge in [-0.25, -0.2) is 4.98 Å². The van der Waals surface area contributed by atoms with Crippen molar-refractivity contribution in [1.29, 1.82) is 0 Å². The highest BCUT2D eigenvalue weighted by Gasteiger charge is 2.30. The molecule has 0 spiro atoms. The summed E-state index contributed by atoms with van der Waals surface area (Å²) in [5.41, 5.74) is 7.15. The average Bonchev–Trinajstić information content (AvgIpc) is 2.95. The van der Waals surface area contributed by atoms with E-state index in [1.54, 1.807) is 0 Å². The van der Waals surface area contributed by atoms with Gasteiger partial charge in [-0.1, -0.05) is 19.9 Å². The molecule has 3 heteroatoms. The van der Waals surface area contributed by atoms with Gasteiger partial charge in [0.25, 0.3) is 0 Å². The van der Waals surface area contributed by atoms with Crippen LogP contribution in [0.4, 0.5) is 5.82 Å². The van der Waals surface area contributed by atoms with E-state index in [0.29, 0.717) is 11.8 Å². The second-order valence-electron chi connectivity index (χ2n) is 4.57. The van der Waals surface area contributed by atoms with Crippen LogP contribution in [-0.4, -0.2) is 9.55 Å². The number of hydrogen-bond donors (Lipinski definition) is 1. The van der Waals surface area contributed by atoms with Crippen LogP contribution in [0.3, 0.4) is 0 Å². The number of nitrogens with two attached hydrogens (primary N) is 1. The first-order valence-corrected chi connectivity index (χ1v) is 5.61. The van der Waals surface area contributed by atoms with Crippen LogP contribution in [0.25, 0.3) is 0 Å². The number of allylic oxidation sites excluding steroid dienone is 1. The highest BCUT2D eigenvalue weighted by atomic mass is 15.1. The van der Waals surface area contributed by atoms with Crippen LogP contribution >= 0.6 is 0 Å². The van der Waals surface area contributed by atoms with Crippen LogP contribution in [0.1, 0.15) is 50.0 Å². The molecule has 1 aromatic heterocycles. The molecule has 1 aliphatic rings. The smallest absolute Gasteiger partial charge is 0.127 e. The van der Waals surface area contributed by atoms with Gasteiger partial charge >= 0.3 is 0 Å². The molecular weight excluding hydrogens is 186 g/mol. The Kier molecular flexibility index (Phi) is 2.55. The molecule has 1 aromatic rings. The molecule has 0 saturated heterocycles. The molecule has 1 heterocycles. The lowest BCUT2D eigenvalue weighted by Crippen LogP contribution is -2.05. The lowest BCUT2D eigenvalue weighted by Gasteiger charge is -2.06. The quantitative estimate of drug-likeness (QED) is 0.768. The number of nitrogen functional groups attached to an aromatic ring is 1. The fourth-order valence-electron chi connectivity index (χ4n) is 1.90. The van der Waals surface area contributed by atoms with E-state index in [9.17, 15) is 0 Å². The first-order chi connectivity index (χ1) is 7.15. The summed E-state index contributed by atoms with van der Waals surface area (Å²) in [4.78, 5) is 4.68. The fourth-order valence-corrected chi connectivity index (χ4v) is 1.90. The van der Waals surface area contributed by atoms with Gasteiger partial charge < -0.3 is 10.3 Å². The summed E-state index contributed by atoms with van der Waals surface area (Å²) >= 11 is 0. The maximum atomic E-state index is 6.11. The number of nitrogens with zero attached hydrogens (tertiary/aromatic N) is 2. The Bertz CT molecular complexity index is 372. The van der Waals surface area contributed by atoms with Gasteiger partial charge in [-0.2, -0.15) is 0 Å². The summed E-state index contributed by atoms with van der Waals surface area (Å²) in [6.07, 6.45) is 4.39. The highest BCUT2D eigenvalue weighted by molar-refractivity contribution is 5.41. The van der Waals surface area contributed by atoms with E-state index in [2.05, 4.69) is 30.0 Å². The first kappa shape index (κ1) is 10.3. The molecular formula is C12H19N3. The van der Waals surface area contributed by atoms with E-state index in [1.165, 1.54) is 12.8 Å². The van der Waals surface area contributed by atoms with E-state index in [-0.39, 0.29) is 0 Å². The molecule has 1 fully saturated rings. The Hall–Kier alpha value is -1.25. The summed E-state index contributed by atoms with van der Waals surface area (Å²) in [6, 6.07) is 0. The third-order valence-corrected chi connectivity index (χ3v) is 2.87. The Labute approximate surface area is 91.0 Å². The van der Waals surface area contributed by atoms with E-state index in [1.807, 2.05) is 6.08 Å². The number of rotatable bonds is 4. The summed E-state index contributed by atoms with van der Waals surface area (Å²) in [7, 11) is 0. The Morgan fingerprint density at radius 2 is 2.27 bits per heavy atom. The molecule has 0 unspecified atom stereocenters. The van der Waals surface area contributed by atoms with Crippen LogP contribution in [0.2, 0.25) is 0 Å². The van der Waals surface area contributed by atoms with Crippen molar-refractivity contribution in [2.24, 2.45) is 0 Å². The zero-order valence-corrected chi connectivity index (χ0v) is 9.53. The summed E-state index contributed by atoms with van der Waals surface area (Å²) in [5, 5.41) is 0. The van der Waals surface area contributed by atoms with E-state index in [0.717, 1.165) is 23.9 Å². The van der Waals surface area contributed by atoms with E-state index < -0.39 is 0 Å². The third kappa shape index (κ3) is 1.78. The van der Waals surface area contributed by atoms with Crippen molar-refractivity contribution in [1.82, 2.24) is 9.55 Å². The predicted molar refractivity (Wildman–Crippen MR) is 62.9 cm³/mol. The van der Waals surface area contributed by atoms with Crippen molar-refractivity contribution in [3.05, 3.63) is 24.2 Å². The number of aromatic nitrogens is 2. The largest absolute Gasteiger partial charge is 0.384 e. The molecule has 0 radical (unpaired) electrons. The third-order valence-electron chi connectivity index (χ3n) is 2.87. The normalized spacial score (nSPS) is 15.9. The number of imidazole rings is 1. The van der Waals surface area contributed by atoms with Crippen molar-refractivity contribution in [2.45, 2.75) is 45.1 Å². The van der Waals surface area contributed by atoms with E-state index >= 15 is 0 Å². The SMILES string of the molecule is C=CCn1c(C2CC2)nc(C(C)C)c1N. The summed E-state index contributed by atoms with van der Waals surface area (Å²) in [5.74, 6) is 3.02. The second kappa shape index (κ2) is 3.72. The van der Waals surface area contributed by atoms with Crippen LogP contribution < -0.4 is 5.73 Å². The van der Waals surface area contributed by atoms with E-state index in [4.69, 9.17) is 5.73 Å². The minimum absolute atomic E-state index is 0.397. The van der Waals surface area contributed by atoms with Crippen LogP contribution in [0.5, 0.6) is 0 Å². The van der Waals surface area contributed by atoms with Crippen molar-refractivity contribution in [3.63, 3.8) is 0 Å². The molecule has 1 saturated carbocycles. The second-order valence-corrected chi connectivity index (χ2v) is 4.57. The van der Waals surface area contributed by atoms with Crippen LogP contribution in [0, 0.1) is 0 Å². The predicted octanol–water partition coefficient (Wildman–Crippen LogP) is 2.65. The summed E-state index contributed by atoms with van der Waals surface area (Å²) in [6.45, 7) is 8.81. The number of hydrogen-bond acceptors (Lipinski definition) is 2. The maximum Gasteiger partial charge on any atom is 0.127 e. The molecule has 15 heavy (non-hydrogen) atoms. The number of anilines is 1. The topological polar surface area (TPSA) is 43.8 Å². The zero-order valence-electron chi connectivity index (χ0n) is 9.53. The van der Waals surface area contributed by atoms with Crippen molar-refractivity contribution >= 4 is 5.82 Å². The molecule has 0 bridgehead atoms. The molecule has 1 aliphatic carbocycles. The van der Waals surface area contributed by atoms with Gasteiger partial charge in [0.15, 0.2) is 0 Å². The minimum atomic E-state index is 0.397. The zero-order chi connectivity index (χ0) is 11.0. The molecule has 3 nitrogen and oxygen atoms in total. The Balaban J connectivity index is 2.43. The van der Waals surface area contributed by atoms with Gasteiger partial charge in [0.2, 0.25) is 0 Å². The Morgan fingerprint density at radius 1 is 1.60 bits per heavy atom. The standard InChI is InChI=1S/C12H19N3/c1-4-7-15-11(13)10(8(2)3)14-12(15)9-5-6-9/h4,8-9H,1,5-7,13H2,2-3H3.